The number of oxime groups is 1. The van der Waals surface area contributed by atoms with Crippen molar-refractivity contribution in [1.82, 2.24) is 4.98 Å². The summed E-state index contributed by atoms with van der Waals surface area (Å²) in [5, 5.41) is 21.0. The molecule has 0 aromatic carbocycles. The van der Waals surface area contributed by atoms with Gasteiger partial charge in [0.2, 0.25) is 0 Å². The van der Waals surface area contributed by atoms with E-state index in [0.717, 1.165) is 6.07 Å². The summed E-state index contributed by atoms with van der Waals surface area (Å²) in [6.07, 6.45) is -4.70. The van der Waals surface area contributed by atoms with Gasteiger partial charge in [-0.1, -0.05) is 5.16 Å². The highest BCUT2D eigenvalue weighted by Gasteiger charge is 2.60. The van der Waals surface area contributed by atoms with Crippen LogP contribution in [0.15, 0.2) is 17.4 Å². The first-order valence-corrected chi connectivity index (χ1v) is 4.69. The average Bonchev–Trinajstić information content (AvgIpc) is 2.82. The van der Waals surface area contributed by atoms with Gasteiger partial charge in [-0.2, -0.15) is 13.2 Å². The lowest BCUT2D eigenvalue weighted by atomic mass is 10.1. The van der Waals surface area contributed by atoms with E-state index in [1.54, 1.807) is 0 Å². The molecule has 2 heterocycles. The fourth-order valence-corrected chi connectivity index (χ4v) is 1.41. The van der Waals surface area contributed by atoms with E-state index in [0.29, 0.717) is 0 Å². The number of H-pyrrole nitrogens is 1. The number of hydrogen-bond donors (Lipinski definition) is 3. The van der Waals surface area contributed by atoms with E-state index in [-0.39, 0.29) is 17.0 Å². The summed E-state index contributed by atoms with van der Waals surface area (Å²) in [7, 11) is 0. The lowest BCUT2D eigenvalue weighted by Gasteiger charge is -2.22. The molecule has 1 atom stereocenters. The molecule has 0 amide bonds. The Labute approximate surface area is 97.7 Å². The van der Waals surface area contributed by atoms with Gasteiger partial charge >= 0.3 is 17.9 Å². The van der Waals surface area contributed by atoms with Crippen LogP contribution in [-0.4, -0.2) is 38.8 Å². The van der Waals surface area contributed by atoms with Crippen molar-refractivity contribution in [2.45, 2.75) is 18.4 Å². The van der Waals surface area contributed by atoms with Gasteiger partial charge in [-0.15, -0.1) is 0 Å². The molecule has 1 unspecified atom stereocenters. The molecule has 0 bridgehead atoms. The molecule has 3 N–H and O–H groups in total. The van der Waals surface area contributed by atoms with Crippen molar-refractivity contribution in [1.29, 1.82) is 0 Å². The van der Waals surface area contributed by atoms with Crippen molar-refractivity contribution in [3.63, 3.8) is 0 Å². The Morgan fingerprint density at radius 2 is 2.22 bits per heavy atom. The first-order chi connectivity index (χ1) is 8.23. The predicted molar refractivity (Wildman–Crippen MR) is 51.0 cm³/mol. The number of aromatic amines is 1. The maximum Gasteiger partial charge on any atom is 0.458 e. The highest BCUT2D eigenvalue weighted by Crippen LogP contribution is 2.38. The minimum Gasteiger partial charge on any atom is -0.477 e. The average molecular weight is 264 g/mol. The highest BCUT2D eigenvalue weighted by atomic mass is 19.4. The molecule has 98 valence electrons. The zero-order valence-corrected chi connectivity index (χ0v) is 8.65. The third kappa shape index (κ3) is 1.92. The van der Waals surface area contributed by atoms with Gasteiger partial charge in [0.1, 0.15) is 5.69 Å². The normalized spacial score (nSPS) is 23.7. The van der Waals surface area contributed by atoms with E-state index >= 15 is 0 Å². The molecular formula is C9H7F3N2O4. The van der Waals surface area contributed by atoms with Gasteiger partial charge in [0.25, 0.3) is 0 Å². The topological polar surface area (TPSA) is 94.9 Å². The van der Waals surface area contributed by atoms with E-state index < -0.39 is 24.4 Å². The molecule has 0 aliphatic carbocycles. The van der Waals surface area contributed by atoms with Crippen molar-refractivity contribution < 1.29 is 33.0 Å². The minimum atomic E-state index is -4.98. The van der Waals surface area contributed by atoms with Crippen LogP contribution in [0, 0.1) is 0 Å². The zero-order chi connectivity index (χ0) is 13.6. The maximum absolute atomic E-state index is 12.4. The fraction of sp³-hybridized carbons (Fsp3) is 0.333. The van der Waals surface area contributed by atoms with Crippen LogP contribution in [0.5, 0.6) is 0 Å². The van der Waals surface area contributed by atoms with Crippen LogP contribution in [0.2, 0.25) is 0 Å². The molecule has 0 saturated carbocycles. The maximum atomic E-state index is 12.4. The fourth-order valence-electron chi connectivity index (χ4n) is 1.41. The number of carboxylic acids is 1. The van der Waals surface area contributed by atoms with Crippen LogP contribution in [-0.2, 0) is 4.84 Å². The lowest BCUT2D eigenvalue weighted by molar-refractivity contribution is -0.355. The summed E-state index contributed by atoms with van der Waals surface area (Å²) in [6, 6.07) is 1.10. The molecule has 1 aromatic rings. The van der Waals surface area contributed by atoms with Gasteiger partial charge < -0.3 is 20.0 Å². The number of aromatic carboxylic acids is 1. The van der Waals surface area contributed by atoms with Crippen LogP contribution in [0.1, 0.15) is 22.5 Å². The lowest BCUT2D eigenvalue weighted by Crippen LogP contribution is -2.45. The number of hydrogen-bond acceptors (Lipinski definition) is 4. The molecule has 0 fully saturated rings. The predicted octanol–water partition coefficient (Wildman–Crippen LogP) is 1.09. The zero-order valence-electron chi connectivity index (χ0n) is 8.65. The number of carbonyl (C=O) groups is 1. The summed E-state index contributed by atoms with van der Waals surface area (Å²) in [5.41, 5.74) is -0.263. The molecule has 1 aliphatic heterocycles. The first kappa shape index (κ1) is 12.4. The van der Waals surface area contributed by atoms with Gasteiger partial charge in [-0.05, 0) is 6.07 Å². The second-order valence-electron chi connectivity index (χ2n) is 3.70. The van der Waals surface area contributed by atoms with E-state index in [1.165, 1.54) is 6.20 Å². The third-order valence-electron chi connectivity index (χ3n) is 2.40. The molecule has 18 heavy (non-hydrogen) atoms. The number of alkyl halides is 3. The van der Waals surface area contributed by atoms with Crippen LogP contribution >= 0.6 is 0 Å². The van der Waals surface area contributed by atoms with Gasteiger partial charge in [-0.25, -0.2) is 4.79 Å². The second kappa shape index (κ2) is 3.73. The monoisotopic (exact) mass is 264 g/mol. The molecule has 2 rings (SSSR count). The van der Waals surface area contributed by atoms with Crippen molar-refractivity contribution in [2.75, 3.05) is 0 Å². The molecule has 6 nitrogen and oxygen atoms in total. The molecule has 0 spiro atoms. The summed E-state index contributed by atoms with van der Waals surface area (Å²) in [6.45, 7) is 0. The summed E-state index contributed by atoms with van der Waals surface area (Å²) < 4.78 is 37.3. The van der Waals surface area contributed by atoms with Crippen LogP contribution < -0.4 is 0 Å². The minimum absolute atomic E-state index is 0.118. The number of aromatic nitrogens is 1. The molecule has 0 radical (unpaired) electrons. The third-order valence-corrected chi connectivity index (χ3v) is 2.40. The summed E-state index contributed by atoms with van der Waals surface area (Å²) in [5.74, 6) is -4.62. The summed E-state index contributed by atoms with van der Waals surface area (Å²) in [4.78, 5) is 16.9. The van der Waals surface area contributed by atoms with Gasteiger partial charge in [0.15, 0.2) is 0 Å². The Morgan fingerprint density at radius 3 is 2.67 bits per heavy atom. The molecule has 0 saturated heterocycles. The number of carboxylic acid groups (broad SMARTS) is 1. The van der Waals surface area contributed by atoms with Crippen LogP contribution in [0.3, 0.4) is 0 Å². The number of aliphatic hydroxyl groups is 1. The molecule has 1 aromatic heterocycles. The first-order valence-electron chi connectivity index (χ1n) is 4.69. The second-order valence-corrected chi connectivity index (χ2v) is 3.70. The van der Waals surface area contributed by atoms with Crippen molar-refractivity contribution in [3.05, 3.63) is 23.5 Å². The van der Waals surface area contributed by atoms with Crippen molar-refractivity contribution >= 4 is 11.7 Å². The van der Waals surface area contributed by atoms with Crippen molar-refractivity contribution in [3.8, 4) is 0 Å². The number of halogens is 3. The van der Waals surface area contributed by atoms with Gasteiger partial charge in [-0.3, -0.25) is 0 Å². The Morgan fingerprint density at radius 1 is 1.56 bits per heavy atom. The van der Waals surface area contributed by atoms with Gasteiger partial charge in [0, 0.05) is 11.8 Å². The van der Waals surface area contributed by atoms with Crippen LogP contribution in [0.25, 0.3) is 0 Å². The van der Waals surface area contributed by atoms with Crippen molar-refractivity contribution in [2.24, 2.45) is 5.16 Å². The Kier molecular flexibility index (Phi) is 2.58. The quantitative estimate of drug-likeness (QED) is 0.745. The van der Waals surface area contributed by atoms with Crippen LogP contribution in [0.4, 0.5) is 13.2 Å². The standard InChI is InChI=1S/C9H7F3N2O4/c10-9(11,12)8(17)2-6(14-18-8)4-1-5(7(15)16)13-3-4/h1,3,13,17H,2H2,(H,15,16). The molecule has 1 aliphatic rings. The Hall–Kier alpha value is -2.03. The van der Waals surface area contributed by atoms with E-state index in [4.69, 9.17) is 5.11 Å². The SMILES string of the molecule is O=C(O)c1cc(C2=NOC(O)(C(F)(F)F)C2)c[nH]1. The highest BCUT2D eigenvalue weighted by molar-refractivity contribution is 6.03. The smallest absolute Gasteiger partial charge is 0.458 e. The van der Waals surface area contributed by atoms with E-state index in [1.807, 2.05) is 0 Å². The Bertz CT molecular complexity index is 522. The summed E-state index contributed by atoms with van der Waals surface area (Å²) >= 11 is 0. The van der Waals surface area contributed by atoms with E-state index in [9.17, 15) is 23.1 Å². The molecular weight excluding hydrogens is 257 g/mol. The number of nitrogens with zero attached hydrogens (tertiary/aromatic N) is 1. The molecule has 9 heteroatoms. The largest absolute Gasteiger partial charge is 0.477 e. The van der Waals surface area contributed by atoms with Gasteiger partial charge in [0.05, 0.1) is 12.1 Å². The number of nitrogens with one attached hydrogen (secondary N) is 1. The Balaban J connectivity index is 2.20. The van der Waals surface area contributed by atoms with E-state index in [2.05, 4.69) is 15.0 Å². The number of rotatable bonds is 2.